The number of hydrogen-bond donors (Lipinski definition) is 2. The molecule has 0 saturated carbocycles. The van der Waals surface area contributed by atoms with Crippen LogP contribution in [0.3, 0.4) is 0 Å². The molecule has 0 spiro atoms. The first kappa shape index (κ1) is 26.5. The van der Waals surface area contributed by atoms with Crippen molar-refractivity contribution >= 4 is 35.5 Å². The van der Waals surface area contributed by atoms with Crippen molar-refractivity contribution in [2.24, 2.45) is 5.92 Å². The van der Waals surface area contributed by atoms with E-state index in [1.54, 1.807) is 17.0 Å². The van der Waals surface area contributed by atoms with Crippen LogP contribution in [-0.4, -0.2) is 35.2 Å². The summed E-state index contributed by atoms with van der Waals surface area (Å²) in [5.74, 6) is -3.29. The highest BCUT2D eigenvalue weighted by Crippen LogP contribution is 2.49. The van der Waals surface area contributed by atoms with Gasteiger partial charge < -0.3 is 15.1 Å². The molecule has 0 aromatic heterocycles. The maximum absolute atomic E-state index is 14.0. The SMILES string of the molecule is O=C(O)C=Cc1ccc(Sc2ccccc2N2CCCC(C(=O)O)C2)c(C(F)(F)F)c1C(F)(F)F. The van der Waals surface area contributed by atoms with Gasteiger partial charge in [-0.05, 0) is 42.7 Å². The predicted molar refractivity (Wildman–Crippen MR) is 116 cm³/mol. The van der Waals surface area contributed by atoms with Crippen LogP contribution in [0, 0.1) is 5.92 Å². The molecule has 0 radical (unpaired) electrons. The molecule has 2 N–H and O–H groups in total. The van der Waals surface area contributed by atoms with Crippen molar-refractivity contribution < 1.29 is 46.1 Å². The number of benzene rings is 2. The number of carbonyl (C=O) groups is 2. The van der Waals surface area contributed by atoms with Crippen molar-refractivity contribution in [1.29, 1.82) is 0 Å². The summed E-state index contributed by atoms with van der Waals surface area (Å²) >= 11 is 0.485. The monoisotopic (exact) mass is 519 g/mol. The van der Waals surface area contributed by atoms with Gasteiger partial charge in [0.15, 0.2) is 0 Å². The van der Waals surface area contributed by atoms with Crippen molar-refractivity contribution in [3.63, 3.8) is 0 Å². The van der Waals surface area contributed by atoms with Crippen LogP contribution in [0.25, 0.3) is 6.08 Å². The van der Waals surface area contributed by atoms with E-state index in [-0.39, 0.29) is 11.4 Å². The van der Waals surface area contributed by atoms with Gasteiger partial charge in [-0.3, -0.25) is 4.79 Å². The lowest BCUT2D eigenvalue weighted by molar-refractivity contribution is -0.163. The molecule has 0 amide bonds. The topological polar surface area (TPSA) is 77.8 Å². The number of halogens is 6. The van der Waals surface area contributed by atoms with Crippen LogP contribution in [0.15, 0.2) is 52.3 Å². The average molecular weight is 519 g/mol. The summed E-state index contributed by atoms with van der Waals surface area (Å²) in [5, 5.41) is 18.1. The Balaban J connectivity index is 2.12. The molecule has 2 aromatic carbocycles. The van der Waals surface area contributed by atoms with Crippen LogP contribution in [0.4, 0.5) is 32.0 Å². The minimum absolute atomic E-state index is 0.117. The highest BCUT2D eigenvalue weighted by Gasteiger charge is 2.46. The fraction of sp³-hybridized carbons (Fsp3) is 0.304. The third kappa shape index (κ3) is 6.30. The van der Waals surface area contributed by atoms with Crippen molar-refractivity contribution in [2.45, 2.75) is 35.0 Å². The molecule has 5 nitrogen and oxygen atoms in total. The number of para-hydroxylation sites is 1. The molecule has 1 fully saturated rings. The fourth-order valence-electron chi connectivity index (χ4n) is 3.89. The quantitative estimate of drug-likeness (QED) is 0.346. The van der Waals surface area contributed by atoms with E-state index >= 15 is 0 Å². The zero-order chi connectivity index (χ0) is 26.0. The van der Waals surface area contributed by atoms with Crippen LogP contribution in [-0.2, 0) is 21.9 Å². The number of nitrogens with zero attached hydrogens (tertiary/aromatic N) is 1. The normalized spacial score (nSPS) is 17.1. The van der Waals surface area contributed by atoms with E-state index < -0.39 is 51.8 Å². The Bertz CT molecular complexity index is 1150. The van der Waals surface area contributed by atoms with Crippen molar-refractivity contribution in [1.82, 2.24) is 0 Å². The highest BCUT2D eigenvalue weighted by molar-refractivity contribution is 7.99. The number of carboxylic acid groups (broad SMARTS) is 2. The molecule has 188 valence electrons. The van der Waals surface area contributed by atoms with Crippen molar-refractivity contribution in [3.05, 3.63) is 59.2 Å². The lowest BCUT2D eigenvalue weighted by Crippen LogP contribution is -2.38. The summed E-state index contributed by atoms with van der Waals surface area (Å²) in [6, 6.07) is 7.83. The first-order valence-electron chi connectivity index (χ1n) is 10.3. The molecule has 1 unspecified atom stereocenters. The number of alkyl halides is 6. The number of rotatable bonds is 6. The third-order valence-electron chi connectivity index (χ3n) is 5.37. The van der Waals surface area contributed by atoms with Gasteiger partial charge in [-0.25, -0.2) is 4.79 Å². The second-order valence-electron chi connectivity index (χ2n) is 7.76. The molecule has 2 aromatic rings. The molecule has 3 rings (SSSR count). The molecular weight excluding hydrogens is 500 g/mol. The maximum Gasteiger partial charge on any atom is 0.418 e. The zero-order valence-corrected chi connectivity index (χ0v) is 18.7. The largest absolute Gasteiger partial charge is 0.481 e. The molecule has 1 atom stereocenters. The Morgan fingerprint density at radius 2 is 1.60 bits per heavy atom. The summed E-state index contributed by atoms with van der Waals surface area (Å²) in [7, 11) is 0. The minimum atomic E-state index is -5.42. The first-order chi connectivity index (χ1) is 16.3. The van der Waals surface area contributed by atoms with Crippen LogP contribution < -0.4 is 4.90 Å². The summed E-state index contributed by atoms with van der Waals surface area (Å²) in [6.45, 7) is 0.561. The van der Waals surface area contributed by atoms with E-state index in [0.29, 0.717) is 49.0 Å². The van der Waals surface area contributed by atoms with Gasteiger partial charge >= 0.3 is 24.3 Å². The molecular formula is C23H19F6NO4S. The van der Waals surface area contributed by atoms with E-state index in [1.807, 2.05) is 0 Å². The summed E-state index contributed by atoms with van der Waals surface area (Å²) < 4.78 is 83.4. The molecule has 12 heteroatoms. The number of piperidine rings is 1. The molecule has 1 aliphatic heterocycles. The number of aliphatic carboxylic acids is 2. The zero-order valence-electron chi connectivity index (χ0n) is 17.9. The van der Waals surface area contributed by atoms with Crippen molar-refractivity contribution in [3.8, 4) is 0 Å². The average Bonchev–Trinajstić information content (AvgIpc) is 2.76. The lowest BCUT2D eigenvalue weighted by Gasteiger charge is -2.33. The van der Waals surface area contributed by atoms with Gasteiger partial charge in [-0.2, -0.15) is 26.3 Å². The molecule has 35 heavy (non-hydrogen) atoms. The highest BCUT2D eigenvalue weighted by atomic mass is 32.2. The van der Waals surface area contributed by atoms with E-state index in [2.05, 4.69) is 0 Å². The van der Waals surface area contributed by atoms with E-state index in [4.69, 9.17) is 5.11 Å². The summed E-state index contributed by atoms with van der Waals surface area (Å²) in [4.78, 5) is 23.4. The molecule has 1 aliphatic rings. The Labute approximate surface area is 200 Å². The first-order valence-corrected chi connectivity index (χ1v) is 11.1. The molecule has 1 heterocycles. The van der Waals surface area contributed by atoms with E-state index in [0.717, 1.165) is 12.1 Å². The number of hydrogen-bond acceptors (Lipinski definition) is 4. The smallest absolute Gasteiger partial charge is 0.418 e. The van der Waals surface area contributed by atoms with E-state index in [1.165, 1.54) is 12.1 Å². The Kier molecular flexibility index (Phi) is 7.73. The predicted octanol–water partition coefficient (Wildman–Crippen LogP) is 6.27. The summed E-state index contributed by atoms with van der Waals surface area (Å²) in [6.07, 6.45) is -9.02. The van der Waals surface area contributed by atoms with Gasteiger partial charge in [0.25, 0.3) is 0 Å². The fourth-order valence-corrected chi connectivity index (χ4v) is 5.03. The third-order valence-corrected chi connectivity index (χ3v) is 6.49. The van der Waals surface area contributed by atoms with Crippen LogP contribution in [0.2, 0.25) is 0 Å². The summed E-state index contributed by atoms with van der Waals surface area (Å²) in [5.41, 5.74) is -4.40. The van der Waals surface area contributed by atoms with Gasteiger partial charge in [-0.15, -0.1) is 0 Å². The van der Waals surface area contributed by atoms with Crippen LogP contribution in [0.1, 0.15) is 29.5 Å². The standard InChI is InChI=1S/C23H19F6NO4S/c24-22(25,26)19-13(8-10-18(31)32)7-9-17(20(19)23(27,28)29)35-16-6-2-1-5-15(16)30-11-3-4-14(12-30)21(33)34/h1-2,5-10,14H,3-4,11-12H2,(H,31,32)(H,33,34). The van der Waals surface area contributed by atoms with E-state index in [9.17, 15) is 41.0 Å². The molecule has 0 aliphatic carbocycles. The second kappa shape index (κ2) is 10.2. The van der Waals surface area contributed by atoms with Crippen LogP contribution >= 0.6 is 11.8 Å². The molecule has 1 saturated heterocycles. The van der Waals surface area contributed by atoms with Crippen molar-refractivity contribution in [2.75, 3.05) is 18.0 Å². The molecule has 0 bridgehead atoms. The number of anilines is 1. The maximum atomic E-state index is 14.0. The Morgan fingerprint density at radius 3 is 2.20 bits per heavy atom. The van der Waals surface area contributed by atoms with Gasteiger partial charge in [-0.1, -0.05) is 30.0 Å². The van der Waals surface area contributed by atoms with Gasteiger partial charge in [0.05, 0.1) is 22.7 Å². The van der Waals surface area contributed by atoms with Crippen LogP contribution in [0.5, 0.6) is 0 Å². The minimum Gasteiger partial charge on any atom is -0.481 e. The Morgan fingerprint density at radius 1 is 0.943 bits per heavy atom. The van der Waals surface area contributed by atoms with Gasteiger partial charge in [0, 0.05) is 29.0 Å². The van der Waals surface area contributed by atoms with Gasteiger partial charge in [0.2, 0.25) is 0 Å². The lowest BCUT2D eigenvalue weighted by atomic mass is 9.98. The second-order valence-corrected chi connectivity index (χ2v) is 8.85. The Hall–Kier alpha value is -3.15. The number of carboxylic acids is 2. The van der Waals surface area contributed by atoms with Gasteiger partial charge in [0.1, 0.15) is 0 Å².